The maximum atomic E-state index is 12.2. The average Bonchev–Trinajstić information content (AvgIpc) is 2.78. The third kappa shape index (κ3) is 4.59. The minimum atomic E-state index is -0.610. The fraction of sp³-hybridized carbons (Fsp3) is 0.0909. The molecule has 0 spiro atoms. The van der Waals surface area contributed by atoms with Gasteiger partial charge >= 0.3 is 5.69 Å². The molecule has 1 amide bonds. The van der Waals surface area contributed by atoms with Crippen LogP contribution < -0.4 is 16.2 Å². The number of rotatable bonds is 7. The zero-order valence-corrected chi connectivity index (χ0v) is 17.1. The van der Waals surface area contributed by atoms with Crippen molar-refractivity contribution < 1.29 is 9.72 Å². The molecule has 2 heterocycles. The molecule has 160 valence electrons. The Morgan fingerprint density at radius 2 is 1.78 bits per heavy atom. The molecule has 2 aromatic carbocycles. The van der Waals surface area contributed by atoms with E-state index in [1.54, 1.807) is 12.1 Å². The van der Waals surface area contributed by atoms with E-state index < -0.39 is 10.6 Å². The van der Waals surface area contributed by atoms with E-state index in [4.69, 9.17) is 0 Å². The van der Waals surface area contributed by atoms with Crippen molar-refractivity contribution in [2.24, 2.45) is 0 Å². The summed E-state index contributed by atoms with van der Waals surface area (Å²) < 4.78 is 0. The van der Waals surface area contributed by atoms with Crippen molar-refractivity contribution in [1.29, 1.82) is 0 Å². The summed E-state index contributed by atoms with van der Waals surface area (Å²) in [5, 5.41) is 15.6. The first-order valence-electron chi connectivity index (χ1n) is 9.73. The van der Waals surface area contributed by atoms with E-state index in [0.717, 1.165) is 22.2 Å². The van der Waals surface area contributed by atoms with E-state index in [9.17, 15) is 14.9 Å². The summed E-state index contributed by atoms with van der Waals surface area (Å²) in [5.74, 6) is -0.518. The summed E-state index contributed by atoms with van der Waals surface area (Å²) in [6, 6.07) is 18.3. The highest BCUT2D eigenvalue weighted by molar-refractivity contribution is 5.94. The molecule has 0 bridgehead atoms. The minimum absolute atomic E-state index is 0.0158. The number of fused-ring (bicyclic) bond motifs is 1. The first kappa shape index (κ1) is 20.7. The number of pyridine rings is 1. The molecule has 0 radical (unpaired) electrons. The van der Waals surface area contributed by atoms with Crippen molar-refractivity contribution in [2.45, 2.75) is 13.3 Å². The number of benzene rings is 2. The Morgan fingerprint density at radius 3 is 2.56 bits per heavy atom. The summed E-state index contributed by atoms with van der Waals surface area (Å²) in [7, 11) is 0. The van der Waals surface area contributed by atoms with Crippen LogP contribution in [0.1, 0.15) is 11.3 Å². The number of carbonyl (C=O) groups is 1. The Labute approximate surface area is 182 Å². The van der Waals surface area contributed by atoms with Crippen molar-refractivity contribution >= 4 is 39.8 Å². The molecule has 2 aromatic heterocycles. The van der Waals surface area contributed by atoms with Crippen LogP contribution in [0.3, 0.4) is 0 Å². The minimum Gasteiger partial charge on any atom is -0.334 e. The number of nitrogens with one attached hydrogen (secondary N) is 3. The van der Waals surface area contributed by atoms with E-state index in [2.05, 4.69) is 31.1 Å². The standard InChI is InChI=1S/C22H19N7O3/c1-14-10-11-16-17(25-14)8-5-9-18(16)26-21-20(29(31)32)22(24-13-23-21)28-27-19(30)12-15-6-3-2-4-7-15/h2-11,13H,12H2,1H3,(H,27,30)(H2,23,24,26,28). The monoisotopic (exact) mass is 429 g/mol. The van der Waals surface area contributed by atoms with Gasteiger partial charge in [-0.3, -0.25) is 30.7 Å². The predicted molar refractivity (Wildman–Crippen MR) is 120 cm³/mol. The van der Waals surface area contributed by atoms with Crippen molar-refractivity contribution in [3.05, 3.63) is 88.4 Å². The summed E-state index contributed by atoms with van der Waals surface area (Å²) in [5.41, 5.74) is 7.62. The first-order chi connectivity index (χ1) is 15.5. The molecule has 10 heteroatoms. The molecule has 10 nitrogen and oxygen atoms in total. The SMILES string of the molecule is Cc1ccc2c(Nc3ncnc(NNC(=O)Cc4ccccc4)c3[N+](=O)[O-])cccc2n1. The lowest BCUT2D eigenvalue weighted by atomic mass is 10.1. The molecule has 0 unspecified atom stereocenters. The van der Waals surface area contributed by atoms with Gasteiger partial charge in [0.25, 0.3) is 0 Å². The quantitative estimate of drug-likeness (QED) is 0.299. The van der Waals surface area contributed by atoms with E-state index in [1.807, 2.05) is 55.5 Å². The molecule has 0 atom stereocenters. The van der Waals surface area contributed by atoms with Crippen LogP contribution in [0.25, 0.3) is 10.9 Å². The molecule has 0 aliphatic heterocycles. The van der Waals surface area contributed by atoms with Gasteiger partial charge in [0.2, 0.25) is 17.5 Å². The Morgan fingerprint density at radius 1 is 1.00 bits per heavy atom. The van der Waals surface area contributed by atoms with Crippen molar-refractivity contribution in [2.75, 3.05) is 10.7 Å². The van der Waals surface area contributed by atoms with Crippen LogP contribution >= 0.6 is 0 Å². The molecule has 3 N–H and O–H groups in total. The van der Waals surface area contributed by atoms with Gasteiger partial charge in [0.15, 0.2) is 0 Å². The molecular weight excluding hydrogens is 410 g/mol. The zero-order chi connectivity index (χ0) is 22.5. The second-order valence-corrected chi connectivity index (χ2v) is 6.96. The summed E-state index contributed by atoms with van der Waals surface area (Å²) in [4.78, 5) is 35.8. The van der Waals surface area contributed by atoms with Crippen molar-refractivity contribution in [3.63, 3.8) is 0 Å². The van der Waals surface area contributed by atoms with E-state index in [1.165, 1.54) is 6.33 Å². The van der Waals surface area contributed by atoms with Crippen molar-refractivity contribution in [3.8, 4) is 0 Å². The lowest BCUT2D eigenvalue weighted by Gasteiger charge is -2.12. The van der Waals surface area contributed by atoms with Crippen molar-refractivity contribution in [1.82, 2.24) is 20.4 Å². The van der Waals surface area contributed by atoms with Gasteiger partial charge in [-0.25, -0.2) is 9.97 Å². The largest absolute Gasteiger partial charge is 0.355 e. The molecular formula is C22H19N7O3. The Hall–Kier alpha value is -4.60. The lowest BCUT2D eigenvalue weighted by Crippen LogP contribution is -2.31. The van der Waals surface area contributed by atoms with Crippen LogP contribution in [0.5, 0.6) is 0 Å². The van der Waals surface area contributed by atoms with Crippen LogP contribution in [0.4, 0.5) is 23.0 Å². The van der Waals surface area contributed by atoms with E-state index >= 15 is 0 Å². The van der Waals surface area contributed by atoms with Crippen LogP contribution in [0, 0.1) is 17.0 Å². The average molecular weight is 429 g/mol. The third-order valence-electron chi connectivity index (χ3n) is 4.66. The van der Waals surface area contributed by atoms with Gasteiger partial charge in [-0.1, -0.05) is 36.4 Å². The highest BCUT2D eigenvalue weighted by atomic mass is 16.6. The molecule has 0 aliphatic rings. The van der Waals surface area contributed by atoms with Gasteiger partial charge in [0.05, 0.1) is 16.9 Å². The normalized spacial score (nSPS) is 10.5. The maximum absolute atomic E-state index is 12.2. The van der Waals surface area contributed by atoms with Crippen LogP contribution in [-0.2, 0) is 11.2 Å². The topological polar surface area (TPSA) is 135 Å². The summed E-state index contributed by atoms with van der Waals surface area (Å²) in [6.07, 6.45) is 1.29. The smallest absolute Gasteiger partial charge is 0.334 e. The number of nitro groups is 1. The second-order valence-electron chi connectivity index (χ2n) is 6.96. The molecule has 4 aromatic rings. The number of hydrogen-bond donors (Lipinski definition) is 3. The fourth-order valence-electron chi connectivity index (χ4n) is 3.18. The fourth-order valence-corrected chi connectivity index (χ4v) is 3.18. The lowest BCUT2D eigenvalue weighted by molar-refractivity contribution is -0.383. The molecule has 32 heavy (non-hydrogen) atoms. The number of anilines is 3. The Kier molecular flexibility index (Phi) is 5.84. The summed E-state index contributed by atoms with van der Waals surface area (Å²) in [6.45, 7) is 1.89. The molecule has 0 saturated carbocycles. The van der Waals surface area contributed by atoms with E-state index in [0.29, 0.717) is 5.69 Å². The zero-order valence-electron chi connectivity index (χ0n) is 17.1. The number of aryl methyl sites for hydroxylation is 1. The molecule has 0 fully saturated rings. The summed E-state index contributed by atoms with van der Waals surface area (Å²) >= 11 is 0. The number of aromatic nitrogens is 3. The number of hydrogen-bond acceptors (Lipinski definition) is 8. The number of hydrazine groups is 1. The predicted octanol–water partition coefficient (Wildman–Crippen LogP) is 3.67. The van der Waals surface area contributed by atoms with Gasteiger partial charge < -0.3 is 5.32 Å². The van der Waals surface area contributed by atoms with Crippen LogP contribution in [-0.4, -0.2) is 25.8 Å². The maximum Gasteiger partial charge on any atom is 0.355 e. The number of carbonyl (C=O) groups excluding carboxylic acids is 1. The van der Waals surface area contributed by atoms with Gasteiger partial charge in [-0.15, -0.1) is 0 Å². The van der Waals surface area contributed by atoms with Crippen LogP contribution in [0.15, 0.2) is 67.0 Å². The van der Waals surface area contributed by atoms with Crippen LogP contribution in [0.2, 0.25) is 0 Å². The Balaban J connectivity index is 1.57. The first-order valence-corrected chi connectivity index (χ1v) is 9.73. The molecule has 0 aliphatic carbocycles. The molecule has 4 rings (SSSR count). The third-order valence-corrected chi connectivity index (χ3v) is 4.66. The Bertz CT molecular complexity index is 1300. The van der Waals surface area contributed by atoms with Gasteiger partial charge in [-0.2, -0.15) is 0 Å². The second kappa shape index (κ2) is 9.04. The highest BCUT2D eigenvalue weighted by Gasteiger charge is 2.24. The molecule has 0 saturated heterocycles. The number of amides is 1. The van der Waals surface area contributed by atoms with E-state index in [-0.39, 0.29) is 24.0 Å². The highest BCUT2D eigenvalue weighted by Crippen LogP contribution is 2.33. The van der Waals surface area contributed by atoms with Gasteiger partial charge in [0, 0.05) is 16.8 Å². The number of nitrogens with zero attached hydrogens (tertiary/aromatic N) is 4. The van der Waals surface area contributed by atoms with Gasteiger partial charge in [0.1, 0.15) is 6.33 Å². The van der Waals surface area contributed by atoms with Gasteiger partial charge in [-0.05, 0) is 36.8 Å².